The lowest BCUT2D eigenvalue weighted by molar-refractivity contribution is 0.0896. The molecule has 1 atom stereocenters. The molecule has 1 unspecified atom stereocenters. The Morgan fingerprint density at radius 2 is 1.46 bits per heavy atom. The van der Waals surface area contributed by atoms with Crippen LogP contribution in [0.2, 0.25) is 0 Å². The van der Waals surface area contributed by atoms with Gasteiger partial charge in [0.2, 0.25) is 29.1 Å². The van der Waals surface area contributed by atoms with E-state index in [1.165, 1.54) is 12.1 Å². The number of nitrogens with zero attached hydrogens (tertiary/aromatic N) is 1. The van der Waals surface area contributed by atoms with Crippen molar-refractivity contribution >= 4 is 5.91 Å². The molecule has 0 saturated heterocycles. The summed E-state index contributed by atoms with van der Waals surface area (Å²) in [7, 11) is 0. The summed E-state index contributed by atoms with van der Waals surface area (Å²) in [5.41, 5.74) is 0. The molecule has 10 heteroatoms. The number of hydrogen-bond donors (Lipinski definition) is 1. The fourth-order valence-corrected chi connectivity index (χ4v) is 3.63. The van der Waals surface area contributed by atoms with Crippen LogP contribution in [0.25, 0.3) is 0 Å². The van der Waals surface area contributed by atoms with E-state index >= 15 is 0 Å². The molecule has 0 aliphatic carbocycles. The molecule has 1 amide bonds. The van der Waals surface area contributed by atoms with Crippen molar-refractivity contribution in [2.45, 2.75) is 71.9 Å². The predicted molar refractivity (Wildman–Crippen MR) is 122 cm³/mol. The summed E-state index contributed by atoms with van der Waals surface area (Å²) in [6, 6.07) is 2.51. The van der Waals surface area contributed by atoms with Crippen molar-refractivity contribution in [2.24, 2.45) is 0 Å². The molecular formula is C25H33F5N2O3. The summed E-state index contributed by atoms with van der Waals surface area (Å²) in [5, 5.41) is 2.86. The van der Waals surface area contributed by atoms with Crippen molar-refractivity contribution in [3.05, 3.63) is 52.7 Å². The van der Waals surface area contributed by atoms with E-state index in [4.69, 9.17) is 9.15 Å². The van der Waals surface area contributed by atoms with Crippen LogP contribution in [0.3, 0.4) is 0 Å². The third-order valence-corrected chi connectivity index (χ3v) is 5.48. The van der Waals surface area contributed by atoms with Crippen LogP contribution in [0.5, 0.6) is 5.75 Å². The van der Waals surface area contributed by atoms with Gasteiger partial charge in [-0.3, -0.25) is 4.79 Å². The molecule has 0 bridgehead atoms. The summed E-state index contributed by atoms with van der Waals surface area (Å²) in [5.74, 6) is -12.6. The zero-order chi connectivity index (χ0) is 26.0. The summed E-state index contributed by atoms with van der Waals surface area (Å²) < 4.78 is 77.3. The molecule has 196 valence electrons. The second-order valence-electron chi connectivity index (χ2n) is 8.54. The van der Waals surface area contributed by atoms with Crippen LogP contribution >= 0.6 is 0 Å². The summed E-state index contributed by atoms with van der Waals surface area (Å²) in [6.45, 7) is 8.14. The van der Waals surface area contributed by atoms with Gasteiger partial charge in [0, 0.05) is 12.6 Å². The first kappa shape index (κ1) is 28.6. The van der Waals surface area contributed by atoms with Crippen LogP contribution in [0, 0.1) is 29.1 Å². The molecule has 1 aromatic carbocycles. The monoisotopic (exact) mass is 504 g/mol. The molecule has 1 N–H and O–H groups in total. The number of amides is 1. The lowest BCUT2D eigenvalue weighted by atomic mass is 10.2. The zero-order valence-electron chi connectivity index (χ0n) is 20.4. The van der Waals surface area contributed by atoms with Crippen molar-refractivity contribution in [2.75, 3.05) is 19.6 Å². The van der Waals surface area contributed by atoms with E-state index in [0.717, 1.165) is 51.6 Å². The molecule has 2 rings (SSSR count). The first-order valence-electron chi connectivity index (χ1n) is 12.0. The first-order chi connectivity index (χ1) is 16.7. The van der Waals surface area contributed by atoms with E-state index in [1.807, 2.05) is 6.92 Å². The maximum absolute atomic E-state index is 13.7. The van der Waals surface area contributed by atoms with Gasteiger partial charge in [-0.1, -0.05) is 39.5 Å². The third kappa shape index (κ3) is 8.23. The first-order valence-corrected chi connectivity index (χ1v) is 12.0. The molecule has 0 saturated carbocycles. The minimum Gasteiger partial charge on any atom is -0.479 e. The molecule has 2 aromatic rings. The molecular weight excluding hydrogens is 471 g/mol. The summed E-state index contributed by atoms with van der Waals surface area (Å²) in [6.07, 6.45) is 6.73. The molecule has 0 fully saturated rings. The Labute approximate surface area is 202 Å². The van der Waals surface area contributed by atoms with Gasteiger partial charge in [-0.2, -0.15) is 8.78 Å². The van der Waals surface area contributed by atoms with Gasteiger partial charge in [0.25, 0.3) is 5.91 Å². The number of benzene rings is 1. The molecule has 5 nitrogen and oxygen atoms in total. The van der Waals surface area contributed by atoms with Crippen molar-refractivity contribution in [3.8, 4) is 5.75 Å². The van der Waals surface area contributed by atoms with Crippen LogP contribution < -0.4 is 10.1 Å². The van der Waals surface area contributed by atoms with Crippen molar-refractivity contribution in [3.63, 3.8) is 0 Å². The minimum atomic E-state index is -2.27. The molecule has 1 aromatic heterocycles. The third-order valence-electron chi connectivity index (χ3n) is 5.48. The van der Waals surface area contributed by atoms with Gasteiger partial charge in [0.05, 0.1) is 0 Å². The Morgan fingerprint density at radius 1 is 0.914 bits per heavy atom. The highest BCUT2D eigenvalue weighted by atomic mass is 19.2. The number of furan rings is 1. The van der Waals surface area contributed by atoms with Crippen molar-refractivity contribution < 1.29 is 35.9 Å². The number of hydrogen-bond acceptors (Lipinski definition) is 4. The topological polar surface area (TPSA) is 54.7 Å². The maximum atomic E-state index is 13.7. The molecule has 0 aliphatic heterocycles. The summed E-state index contributed by atoms with van der Waals surface area (Å²) >= 11 is 0. The largest absolute Gasteiger partial charge is 0.479 e. The molecule has 0 aliphatic rings. The van der Waals surface area contributed by atoms with Gasteiger partial charge in [-0.05, 0) is 45.0 Å². The van der Waals surface area contributed by atoms with Crippen LogP contribution in [0.4, 0.5) is 22.0 Å². The number of nitrogens with one attached hydrogen (secondary N) is 1. The Hall–Kier alpha value is -2.62. The van der Waals surface area contributed by atoms with Crippen molar-refractivity contribution in [1.82, 2.24) is 10.2 Å². The predicted octanol–water partition coefficient (Wildman–Crippen LogP) is 6.35. The van der Waals surface area contributed by atoms with E-state index in [0.29, 0.717) is 6.54 Å². The van der Waals surface area contributed by atoms with Crippen LogP contribution in [0.1, 0.15) is 75.6 Å². The minimum absolute atomic E-state index is 0.0208. The van der Waals surface area contributed by atoms with E-state index < -0.39 is 47.3 Å². The maximum Gasteiger partial charge on any atom is 0.287 e. The van der Waals surface area contributed by atoms with E-state index in [2.05, 4.69) is 24.1 Å². The van der Waals surface area contributed by atoms with Gasteiger partial charge in [0.15, 0.2) is 11.5 Å². The number of unbranched alkanes of at least 4 members (excludes halogenated alkanes) is 4. The highest BCUT2D eigenvalue weighted by Crippen LogP contribution is 2.29. The second kappa shape index (κ2) is 14.1. The number of ether oxygens (including phenoxy) is 1. The zero-order valence-corrected chi connectivity index (χ0v) is 20.4. The SMILES string of the molecule is CCCCCN(CCCCC)CC(C)NC(=O)c1ccc(COc2c(F)c(F)c(F)c(F)c2F)o1. The lowest BCUT2D eigenvalue weighted by Gasteiger charge is -2.26. The van der Waals surface area contributed by atoms with E-state index in [9.17, 15) is 26.7 Å². The Kier molecular flexibility index (Phi) is 11.5. The average molecular weight is 505 g/mol. The normalized spacial score (nSPS) is 12.3. The standard InChI is InChI=1S/C25H33F5N2O3/c1-4-6-8-12-32(13-9-7-5-2)14-16(3)31-25(33)18-11-10-17(35-18)15-34-24-22(29)20(27)19(26)21(28)23(24)30/h10-11,16H,4-9,12-15H2,1-3H3,(H,31,33). The van der Waals surface area contributed by atoms with Gasteiger partial charge < -0.3 is 19.4 Å². The second-order valence-corrected chi connectivity index (χ2v) is 8.54. The molecule has 0 radical (unpaired) electrons. The van der Waals surface area contributed by atoms with Gasteiger partial charge in [-0.15, -0.1) is 0 Å². The number of rotatable bonds is 15. The summed E-state index contributed by atoms with van der Waals surface area (Å²) in [4.78, 5) is 14.9. The number of halogens is 5. The Bertz CT molecular complexity index is 928. The van der Waals surface area contributed by atoms with Crippen LogP contribution in [0.15, 0.2) is 16.5 Å². The number of carbonyl (C=O) groups is 1. The average Bonchev–Trinajstić information content (AvgIpc) is 3.31. The highest BCUT2D eigenvalue weighted by Gasteiger charge is 2.27. The highest BCUT2D eigenvalue weighted by molar-refractivity contribution is 5.91. The van der Waals surface area contributed by atoms with E-state index in [-0.39, 0.29) is 17.6 Å². The van der Waals surface area contributed by atoms with Crippen LogP contribution in [-0.4, -0.2) is 36.5 Å². The molecule has 35 heavy (non-hydrogen) atoms. The van der Waals surface area contributed by atoms with E-state index in [1.54, 1.807) is 0 Å². The molecule has 0 spiro atoms. The lowest BCUT2D eigenvalue weighted by Crippen LogP contribution is -2.42. The van der Waals surface area contributed by atoms with Crippen LogP contribution in [-0.2, 0) is 6.61 Å². The van der Waals surface area contributed by atoms with Gasteiger partial charge in [0.1, 0.15) is 12.4 Å². The Morgan fingerprint density at radius 3 is 2.00 bits per heavy atom. The molecule has 1 heterocycles. The Balaban J connectivity index is 1.94. The van der Waals surface area contributed by atoms with Gasteiger partial charge >= 0.3 is 0 Å². The fourth-order valence-electron chi connectivity index (χ4n) is 3.63. The smallest absolute Gasteiger partial charge is 0.287 e. The number of carbonyl (C=O) groups excluding carboxylic acids is 1. The van der Waals surface area contributed by atoms with Crippen molar-refractivity contribution in [1.29, 1.82) is 0 Å². The quantitative estimate of drug-likeness (QED) is 0.133. The fraction of sp³-hybridized carbons (Fsp3) is 0.560. The van der Waals surface area contributed by atoms with Gasteiger partial charge in [-0.25, -0.2) is 13.2 Å².